The van der Waals surface area contributed by atoms with Crippen LogP contribution in [0.4, 0.5) is 4.39 Å². The molecule has 5 nitrogen and oxygen atoms in total. The molecule has 0 saturated carbocycles. The van der Waals surface area contributed by atoms with Gasteiger partial charge in [0.1, 0.15) is 11.5 Å². The van der Waals surface area contributed by atoms with Crippen LogP contribution in [0.15, 0.2) is 55.8 Å². The van der Waals surface area contributed by atoms with Gasteiger partial charge in [-0.25, -0.2) is 9.18 Å². The second-order valence-corrected chi connectivity index (χ2v) is 7.95. The molecule has 1 aliphatic rings. The molecule has 2 aromatic carbocycles. The Morgan fingerprint density at radius 1 is 1.25 bits per heavy atom. The van der Waals surface area contributed by atoms with Crippen molar-refractivity contribution >= 4 is 43.9 Å². The van der Waals surface area contributed by atoms with Crippen LogP contribution in [0.5, 0.6) is 0 Å². The molecule has 2 aromatic heterocycles. The Bertz CT molecular complexity index is 1360. The molecule has 0 radical (unpaired) electrons. The van der Waals surface area contributed by atoms with E-state index in [1.165, 1.54) is 17.4 Å². The Kier molecular flexibility index (Phi) is 3.80. The summed E-state index contributed by atoms with van der Waals surface area (Å²) >= 11 is 1.47. The summed E-state index contributed by atoms with van der Waals surface area (Å²) in [6.45, 7) is 4.05. The van der Waals surface area contributed by atoms with E-state index < -0.39 is 5.76 Å². The molecule has 1 aliphatic heterocycles. The van der Waals surface area contributed by atoms with Crippen molar-refractivity contribution in [1.82, 2.24) is 4.98 Å². The lowest BCUT2D eigenvalue weighted by Gasteiger charge is -2.16. The fraction of sp³-hybridized carbons (Fsp3) is 0.190. The SMILES string of the molecule is CCC1C(C)=NN=C(c2cc3c(F)cccc3s2)c2cc3oc(=O)[nH]c3cc21. The molecular weight excluding hydrogens is 377 g/mol. The van der Waals surface area contributed by atoms with E-state index in [-0.39, 0.29) is 11.7 Å². The van der Waals surface area contributed by atoms with Gasteiger partial charge in [0.15, 0.2) is 5.58 Å². The molecule has 1 N–H and O–H groups in total. The summed E-state index contributed by atoms with van der Waals surface area (Å²) in [5, 5.41) is 9.53. The largest absolute Gasteiger partial charge is 0.417 e. The van der Waals surface area contributed by atoms with Gasteiger partial charge in [-0.3, -0.25) is 4.98 Å². The van der Waals surface area contributed by atoms with E-state index >= 15 is 0 Å². The van der Waals surface area contributed by atoms with Crippen LogP contribution in [0.1, 0.15) is 42.2 Å². The van der Waals surface area contributed by atoms with Crippen molar-refractivity contribution in [2.75, 3.05) is 0 Å². The number of aromatic amines is 1. The van der Waals surface area contributed by atoms with Gasteiger partial charge in [-0.1, -0.05) is 13.0 Å². The van der Waals surface area contributed by atoms with E-state index in [0.29, 0.717) is 22.2 Å². The van der Waals surface area contributed by atoms with Gasteiger partial charge in [0.25, 0.3) is 0 Å². The topological polar surface area (TPSA) is 70.7 Å². The zero-order valence-corrected chi connectivity index (χ0v) is 16.1. The van der Waals surface area contributed by atoms with Crippen molar-refractivity contribution < 1.29 is 8.81 Å². The fourth-order valence-corrected chi connectivity index (χ4v) is 4.90. The fourth-order valence-electron chi connectivity index (χ4n) is 3.82. The van der Waals surface area contributed by atoms with Gasteiger partial charge < -0.3 is 4.42 Å². The maximum atomic E-state index is 14.2. The smallest absolute Gasteiger partial charge is 0.408 e. The number of rotatable bonds is 2. The molecule has 0 amide bonds. The van der Waals surface area contributed by atoms with Gasteiger partial charge in [0.05, 0.1) is 10.4 Å². The van der Waals surface area contributed by atoms with Crippen LogP contribution < -0.4 is 5.76 Å². The molecule has 0 bridgehead atoms. The minimum absolute atomic E-state index is 0.0742. The predicted molar refractivity (Wildman–Crippen MR) is 110 cm³/mol. The average molecular weight is 393 g/mol. The lowest BCUT2D eigenvalue weighted by Crippen LogP contribution is -2.11. The molecule has 0 saturated heterocycles. The molecule has 7 heteroatoms. The molecule has 28 heavy (non-hydrogen) atoms. The third-order valence-corrected chi connectivity index (χ3v) is 6.29. The Morgan fingerprint density at radius 2 is 2.11 bits per heavy atom. The molecule has 140 valence electrons. The van der Waals surface area contributed by atoms with Crippen LogP contribution in [0.3, 0.4) is 0 Å². The molecule has 0 fully saturated rings. The maximum Gasteiger partial charge on any atom is 0.417 e. The Balaban J connectivity index is 1.81. The lowest BCUT2D eigenvalue weighted by molar-refractivity contribution is 0.555. The number of oxazole rings is 1. The first kappa shape index (κ1) is 17.1. The zero-order chi connectivity index (χ0) is 19.4. The quantitative estimate of drug-likeness (QED) is 0.509. The molecular formula is C21H16FN3O2S. The standard InChI is InChI=1S/C21H16FN3O2S/c1-3-11-10(2)24-25-20(19-9-14-15(22)5-4-6-18(14)28-19)13-8-17-16(7-12(11)13)23-21(26)27-17/h4-9,11H,3H2,1-2H3,(H,23,26). The van der Waals surface area contributed by atoms with Crippen LogP contribution >= 0.6 is 11.3 Å². The number of aromatic nitrogens is 1. The Labute approximate surface area is 163 Å². The number of hydrogen-bond donors (Lipinski definition) is 1. The van der Waals surface area contributed by atoms with E-state index in [0.717, 1.165) is 32.8 Å². The van der Waals surface area contributed by atoms with Crippen LogP contribution in [0, 0.1) is 5.82 Å². The first-order chi connectivity index (χ1) is 13.5. The van der Waals surface area contributed by atoms with Gasteiger partial charge in [-0.15, -0.1) is 16.4 Å². The minimum Gasteiger partial charge on any atom is -0.408 e. The Hall–Kier alpha value is -3.06. The van der Waals surface area contributed by atoms with E-state index in [2.05, 4.69) is 22.1 Å². The lowest BCUT2D eigenvalue weighted by atomic mass is 9.87. The van der Waals surface area contributed by atoms with Crippen molar-refractivity contribution in [2.45, 2.75) is 26.2 Å². The van der Waals surface area contributed by atoms with Gasteiger partial charge in [-0.05, 0) is 49.2 Å². The molecule has 1 atom stereocenters. The normalized spacial score (nSPS) is 16.8. The van der Waals surface area contributed by atoms with Crippen LogP contribution in [0.25, 0.3) is 21.2 Å². The number of benzene rings is 2. The number of fused-ring (bicyclic) bond motifs is 3. The highest BCUT2D eigenvalue weighted by molar-refractivity contribution is 7.21. The van der Waals surface area contributed by atoms with Gasteiger partial charge in [0, 0.05) is 27.3 Å². The van der Waals surface area contributed by atoms with E-state index in [4.69, 9.17) is 4.42 Å². The molecule has 3 heterocycles. The van der Waals surface area contributed by atoms with Gasteiger partial charge >= 0.3 is 5.76 Å². The van der Waals surface area contributed by atoms with E-state index in [9.17, 15) is 9.18 Å². The summed E-state index contributed by atoms with van der Waals surface area (Å²) in [4.78, 5) is 15.2. The van der Waals surface area contributed by atoms with E-state index in [1.807, 2.05) is 31.2 Å². The van der Waals surface area contributed by atoms with Crippen LogP contribution in [0.2, 0.25) is 0 Å². The third-order valence-electron chi connectivity index (χ3n) is 5.18. The second kappa shape index (κ2) is 6.24. The Morgan fingerprint density at radius 3 is 2.89 bits per heavy atom. The van der Waals surface area contributed by atoms with Crippen molar-refractivity contribution in [2.24, 2.45) is 10.2 Å². The first-order valence-electron chi connectivity index (χ1n) is 9.03. The van der Waals surface area contributed by atoms with Gasteiger partial charge in [0.2, 0.25) is 0 Å². The third kappa shape index (κ3) is 2.54. The van der Waals surface area contributed by atoms with Crippen LogP contribution in [-0.2, 0) is 0 Å². The monoisotopic (exact) mass is 393 g/mol. The summed E-state index contributed by atoms with van der Waals surface area (Å²) in [6.07, 6.45) is 0.847. The van der Waals surface area contributed by atoms with Gasteiger partial charge in [-0.2, -0.15) is 5.10 Å². The van der Waals surface area contributed by atoms with Crippen molar-refractivity contribution in [1.29, 1.82) is 0 Å². The van der Waals surface area contributed by atoms with Crippen molar-refractivity contribution in [3.63, 3.8) is 0 Å². The number of thiophene rings is 1. The summed E-state index contributed by atoms with van der Waals surface area (Å²) in [5.74, 6) is -0.672. The summed E-state index contributed by atoms with van der Waals surface area (Å²) < 4.78 is 20.3. The second-order valence-electron chi connectivity index (χ2n) is 6.86. The average Bonchev–Trinajstić information content (AvgIpc) is 3.22. The molecule has 5 rings (SSSR count). The maximum absolute atomic E-state index is 14.2. The summed E-state index contributed by atoms with van der Waals surface area (Å²) in [5.41, 5.74) is 4.57. The summed E-state index contributed by atoms with van der Waals surface area (Å²) in [6, 6.07) is 10.6. The molecule has 0 aliphatic carbocycles. The molecule has 1 unspecified atom stereocenters. The highest BCUT2D eigenvalue weighted by atomic mass is 32.1. The first-order valence-corrected chi connectivity index (χ1v) is 9.84. The number of hydrogen-bond acceptors (Lipinski definition) is 5. The van der Waals surface area contributed by atoms with E-state index in [1.54, 1.807) is 6.07 Å². The summed E-state index contributed by atoms with van der Waals surface area (Å²) in [7, 11) is 0. The van der Waals surface area contributed by atoms with Crippen LogP contribution in [-0.4, -0.2) is 16.4 Å². The predicted octanol–water partition coefficient (Wildman–Crippen LogP) is 5.20. The number of H-pyrrole nitrogens is 1. The zero-order valence-electron chi connectivity index (χ0n) is 15.2. The highest BCUT2D eigenvalue weighted by Gasteiger charge is 2.26. The number of halogens is 1. The van der Waals surface area contributed by atoms with Crippen molar-refractivity contribution in [3.8, 4) is 0 Å². The highest BCUT2D eigenvalue weighted by Crippen LogP contribution is 2.35. The number of nitrogens with one attached hydrogen (secondary N) is 1. The number of nitrogens with zero attached hydrogens (tertiary/aromatic N) is 2. The molecule has 0 spiro atoms. The molecule has 4 aromatic rings. The van der Waals surface area contributed by atoms with Crippen molar-refractivity contribution in [3.05, 3.63) is 68.8 Å². The minimum atomic E-state index is -0.490.